The van der Waals surface area contributed by atoms with Crippen LogP contribution in [0.2, 0.25) is 0 Å². The fourth-order valence-corrected chi connectivity index (χ4v) is 3.83. The molecule has 0 atom stereocenters. The van der Waals surface area contributed by atoms with E-state index in [4.69, 9.17) is 5.73 Å². The van der Waals surface area contributed by atoms with Gasteiger partial charge < -0.3 is 11.1 Å². The molecule has 0 fully saturated rings. The first-order chi connectivity index (χ1) is 11.0. The number of carbonyl (C=O) groups excluding carboxylic acids is 1. The minimum absolute atomic E-state index is 0.170. The maximum atomic E-state index is 12.9. The van der Waals surface area contributed by atoms with Crippen molar-refractivity contribution in [2.24, 2.45) is 5.73 Å². The van der Waals surface area contributed by atoms with Gasteiger partial charge in [0.15, 0.2) is 0 Å². The summed E-state index contributed by atoms with van der Waals surface area (Å²) in [6, 6.07) is 3.51. The molecule has 0 heterocycles. The fourth-order valence-electron chi connectivity index (χ4n) is 2.35. The van der Waals surface area contributed by atoms with E-state index in [1.54, 1.807) is 26.0 Å². The van der Waals surface area contributed by atoms with E-state index in [0.717, 1.165) is 5.56 Å². The van der Waals surface area contributed by atoms with Gasteiger partial charge in [0.1, 0.15) is 0 Å². The molecule has 0 radical (unpaired) electrons. The van der Waals surface area contributed by atoms with E-state index >= 15 is 0 Å². The number of sulfonamides is 1. The van der Waals surface area contributed by atoms with Gasteiger partial charge in [-0.15, -0.1) is 0 Å². The monoisotopic (exact) mass is 363 g/mol. The van der Waals surface area contributed by atoms with Gasteiger partial charge >= 0.3 is 0 Å². The molecule has 4 N–H and O–H groups in total. The van der Waals surface area contributed by atoms with Crippen LogP contribution in [0.1, 0.15) is 23.1 Å². The average Bonchev–Trinajstić information content (AvgIpc) is 2.43. The summed E-state index contributed by atoms with van der Waals surface area (Å²) in [6.07, 6.45) is -0.246. The summed E-state index contributed by atoms with van der Waals surface area (Å²) in [7, 11) is -3.78. The molecule has 0 aliphatic heterocycles. The van der Waals surface area contributed by atoms with Crippen LogP contribution in [0.3, 0.4) is 0 Å². The largest absolute Gasteiger partial charge is 0.350 e. The second kappa shape index (κ2) is 8.00. The molecule has 9 heteroatoms. The third-order valence-electron chi connectivity index (χ3n) is 3.36. The summed E-state index contributed by atoms with van der Waals surface area (Å²) in [5.41, 5.74) is 7.02. The van der Waals surface area contributed by atoms with E-state index in [9.17, 15) is 22.0 Å². The molecular weight excluding hydrogens is 340 g/mol. The Hall–Kier alpha value is -1.58. The van der Waals surface area contributed by atoms with Crippen LogP contribution in [0.5, 0.6) is 0 Å². The Balaban J connectivity index is 2.63. The number of nitrogens with one attached hydrogen (secondary N) is 2. The van der Waals surface area contributed by atoms with Crippen molar-refractivity contribution in [3.8, 4) is 0 Å². The summed E-state index contributed by atoms with van der Waals surface area (Å²) in [4.78, 5) is 11.7. The first kappa shape index (κ1) is 20.5. The van der Waals surface area contributed by atoms with Crippen molar-refractivity contribution in [2.45, 2.75) is 38.0 Å². The van der Waals surface area contributed by atoms with Crippen molar-refractivity contribution in [1.82, 2.24) is 10.0 Å². The van der Waals surface area contributed by atoms with Gasteiger partial charge in [0.2, 0.25) is 15.9 Å². The van der Waals surface area contributed by atoms with Gasteiger partial charge in [-0.05, 0) is 31.9 Å². The Morgan fingerprint density at radius 2 is 1.75 bits per heavy atom. The average molecular weight is 363 g/mol. The van der Waals surface area contributed by atoms with Crippen molar-refractivity contribution < 1.29 is 22.0 Å². The van der Waals surface area contributed by atoms with Crippen molar-refractivity contribution in [2.75, 3.05) is 19.6 Å². The molecule has 0 aromatic heterocycles. The van der Waals surface area contributed by atoms with E-state index in [2.05, 4.69) is 4.72 Å². The molecule has 0 saturated heterocycles. The summed E-state index contributed by atoms with van der Waals surface area (Å²) >= 11 is 0. The van der Waals surface area contributed by atoms with E-state index in [-0.39, 0.29) is 17.9 Å². The molecule has 1 aromatic carbocycles. The van der Waals surface area contributed by atoms with Crippen molar-refractivity contribution in [3.05, 3.63) is 28.8 Å². The third kappa shape index (κ3) is 5.81. The lowest BCUT2D eigenvalue weighted by Crippen LogP contribution is -2.42. The highest BCUT2D eigenvalue weighted by molar-refractivity contribution is 7.89. The molecule has 0 aliphatic carbocycles. The highest BCUT2D eigenvalue weighted by Crippen LogP contribution is 2.21. The highest BCUT2D eigenvalue weighted by Gasteiger charge is 2.27. The Morgan fingerprint density at radius 3 is 2.25 bits per heavy atom. The lowest BCUT2D eigenvalue weighted by Gasteiger charge is -2.15. The Kier molecular flexibility index (Phi) is 6.82. The van der Waals surface area contributed by atoms with Gasteiger partial charge in [0, 0.05) is 13.0 Å². The summed E-state index contributed by atoms with van der Waals surface area (Å²) < 4.78 is 52.9. The van der Waals surface area contributed by atoms with Crippen LogP contribution in [-0.4, -0.2) is 39.9 Å². The van der Waals surface area contributed by atoms with Gasteiger partial charge in [-0.25, -0.2) is 21.9 Å². The SMILES string of the molecule is Cc1cc(C)c(S(=O)(=O)NCCC(=O)NCC(F)(F)CN)c(C)c1. The predicted octanol–water partition coefficient (Wildman–Crippen LogP) is 0.990. The number of alkyl halides is 2. The van der Waals surface area contributed by atoms with Crippen LogP contribution in [-0.2, 0) is 14.8 Å². The molecule has 0 unspecified atom stereocenters. The second-order valence-corrected chi connectivity index (χ2v) is 7.42. The first-order valence-electron chi connectivity index (χ1n) is 7.40. The number of rotatable bonds is 8. The summed E-state index contributed by atoms with van der Waals surface area (Å²) in [5, 5.41) is 2.03. The molecule has 6 nitrogen and oxygen atoms in total. The minimum atomic E-state index is -3.78. The van der Waals surface area contributed by atoms with E-state index in [1.807, 2.05) is 12.2 Å². The molecule has 24 heavy (non-hydrogen) atoms. The zero-order valence-electron chi connectivity index (χ0n) is 13.9. The Bertz CT molecular complexity index is 683. The fraction of sp³-hybridized carbons (Fsp3) is 0.533. The quantitative estimate of drug-likeness (QED) is 0.641. The number of nitrogens with two attached hydrogens (primary N) is 1. The lowest BCUT2D eigenvalue weighted by atomic mass is 10.1. The highest BCUT2D eigenvalue weighted by atomic mass is 32.2. The van der Waals surface area contributed by atoms with Gasteiger partial charge in [-0.1, -0.05) is 17.7 Å². The van der Waals surface area contributed by atoms with Crippen molar-refractivity contribution >= 4 is 15.9 Å². The van der Waals surface area contributed by atoms with Crippen LogP contribution in [0.15, 0.2) is 17.0 Å². The van der Waals surface area contributed by atoms with Gasteiger partial charge in [-0.3, -0.25) is 4.79 Å². The van der Waals surface area contributed by atoms with Crippen LogP contribution in [0.25, 0.3) is 0 Å². The molecule has 1 rings (SSSR count). The number of aryl methyl sites for hydroxylation is 3. The Morgan fingerprint density at radius 1 is 1.21 bits per heavy atom. The molecule has 1 amide bonds. The van der Waals surface area contributed by atoms with Gasteiger partial charge in [-0.2, -0.15) is 0 Å². The smallest absolute Gasteiger partial charge is 0.277 e. The number of benzene rings is 1. The van der Waals surface area contributed by atoms with Crippen molar-refractivity contribution in [3.63, 3.8) is 0 Å². The van der Waals surface area contributed by atoms with E-state index < -0.39 is 34.9 Å². The number of amides is 1. The molecule has 0 aliphatic rings. The topological polar surface area (TPSA) is 101 Å². The first-order valence-corrected chi connectivity index (χ1v) is 8.89. The van der Waals surface area contributed by atoms with E-state index in [1.165, 1.54) is 0 Å². The number of halogens is 2. The zero-order chi connectivity index (χ0) is 18.5. The maximum absolute atomic E-state index is 12.9. The lowest BCUT2D eigenvalue weighted by molar-refractivity contribution is -0.122. The van der Waals surface area contributed by atoms with Gasteiger partial charge in [0.25, 0.3) is 5.92 Å². The van der Waals surface area contributed by atoms with E-state index in [0.29, 0.717) is 11.1 Å². The normalized spacial score (nSPS) is 12.2. The summed E-state index contributed by atoms with van der Waals surface area (Å²) in [5.74, 6) is -3.85. The predicted molar refractivity (Wildman–Crippen MR) is 87.5 cm³/mol. The number of hydrogen-bond donors (Lipinski definition) is 3. The minimum Gasteiger partial charge on any atom is -0.350 e. The Labute approximate surface area is 140 Å². The zero-order valence-corrected chi connectivity index (χ0v) is 14.8. The summed E-state index contributed by atoms with van der Waals surface area (Å²) in [6.45, 7) is 3.32. The molecule has 0 spiro atoms. The van der Waals surface area contributed by atoms with Crippen LogP contribution >= 0.6 is 0 Å². The van der Waals surface area contributed by atoms with Gasteiger partial charge in [0.05, 0.1) is 18.0 Å². The third-order valence-corrected chi connectivity index (χ3v) is 5.13. The van der Waals surface area contributed by atoms with Crippen LogP contribution < -0.4 is 15.8 Å². The number of hydrogen-bond acceptors (Lipinski definition) is 4. The van der Waals surface area contributed by atoms with Crippen LogP contribution in [0.4, 0.5) is 8.78 Å². The van der Waals surface area contributed by atoms with Crippen LogP contribution in [0, 0.1) is 20.8 Å². The standard InChI is InChI=1S/C15H23F2N3O3S/c1-10-6-11(2)14(12(3)7-10)24(22,23)20-5-4-13(21)19-9-15(16,17)8-18/h6-7,20H,4-5,8-9,18H2,1-3H3,(H,19,21). The molecular formula is C15H23F2N3O3S. The second-order valence-electron chi connectivity index (χ2n) is 5.71. The maximum Gasteiger partial charge on any atom is 0.277 e. The number of carbonyl (C=O) groups is 1. The molecule has 1 aromatic rings. The molecule has 136 valence electrons. The molecule has 0 saturated carbocycles. The molecule has 0 bridgehead atoms. The van der Waals surface area contributed by atoms with Crippen molar-refractivity contribution in [1.29, 1.82) is 0 Å².